The largest absolute Gasteiger partial charge is 0.481 e. The smallest absolute Gasteiger partial charge is 0.407 e. The van der Waals surface area contributed by atoms with Crippen LogP contribution >= 0.6 is 0 Å². The quantitative estimate of drug-likeness (QED) is 0.327. The van der Waals surface area contributed by atoms with Crippen LogP contribution in [0.1, 0.15) is 68.9 Å². The number of benzene rings is 2. The molecule has 0 aliphatic heterocycles. The van der Waals surface area contributed by atoms with Gasteiger partial charge in [0.1, 0.15) is 6.61 Å². The summed E-state index contributed by atoms with van der Waals surface area (Å²) in [6.45, 7) is 3.28. The van der Waals surface area contributed by atoms with Gasteiger partial charge in [-0.2, -0.15) is 0 Å². The van der Waals surface area contributed by atoms with E-state index >= 15 is 0 Å². The van der Waals surface area contributed by atoms with Gasteiger partial charge in [-0.05, 0) is 47.4 Å². The summed E-state index contributed by atoms with van der Waals surface area (Å²) >= 11 is 0. The highest BCUT2D eigenvalue weighted by molar-refractivity contribution is 5.79. The van der Waals surface area contributed by atoms with Gasteiger partial charge in [-0.15, -0.1) is 0 Å². The van der Waals surface area contributed by atoms with Gasteiger partial charge in [-0.3, -0.25) is 9.59 Å². The van der Waals surface area contributed by atoms with E-state index in [9.17, 15) is 14.4 Å². The highest BCUT2D eigenvalue weighted by Crippen LogP contribution is 2.44. The summed E-state index contributed by atoms with van der Waals surface area (Å²) in [5, 5.41) is 14.3. The van der Waals surface area contributed by atoms with Crippen molar-refractivity contribution in [3.05, 3.63) is 59.7 Å². The van der Waals surface area contributed by atoms with E-state index in [1.807, 2.05) is 24.3 Å². The molecule has 2 aromatic carbocycles. The molecule has 0 spiro atoms. The van der Waals surface area contributed by atoms with Crippen LogP contribution in [0.3, 0.4) is 0 Å². The van der Waals surface area contributed by atoms with E-state index in [-0.39, 0.29) is 18.2 Å². The van der Waals surface area contributed by atoms with E-state index in [1.165, 1.54) is 22.3 Å². The van der Waals surface area contributed by atoms with E-state index in [0.29, 0.717) is 38.5 Å². The zero-order chi connectivity index (χ0) is 25.0. The SMILES string of the molecule is CCCC(CCNC(=O)OCC1c2ccccc2-c2ccccc21)CCC(=O)NCCCC(=O)O. The molecule has 1 atom stereocenters. The third kappa shape index (κ3) is 7.84. The molecule has 188 valence electrons. The number of fused-ring (bicyclic) bond motifs is 3. The van der Waals surface area contributed by atoms with Crippen LogP contribution in [0, 0.1) is 5.92 Å². The first-order chi connectivity index (χ1) is 17.0. The third-order valence-electron chi connectivity index (χ3n) is 6.53. The number of amides is 2. The fourth-order valence-corrected chi connectivity index (χ4v) is 4.76. The highest BCUT2D eigenvalue weighted by atomic mass is 16.5. The van der Waals surface area contributed by atoms with Gasteiger partial charge in [0.25, 0.3) is 0 Å². The lowest BCUT2D eigenvalue weighted by Crippen LogP contribution is -2.29. The number of nitrogens with one attached hydrogen (secondary N) is 2. The Labute approximate surface area is 207 Å². The lowest BCUT2D eigenvalue weighted by atomic mass is 9.94. The van der Waals surface area contributed by atoms with Gasteiger partial charge in [-0.1, -0.05) is 68.3 Å². The molecule has 1 aliphatic rings. The summed E-state index contributed by atoms with van der Waals surface area (Å²) in [6.07, 6.45) is 3.99. The number of rotatable bonds is 14. The van der Waals surface area contributed by atoms with Crippen LogP contribution < -0.4 is 10.6 Å². The van der Waals surface area contributed by atoms with Crippen LogP contribution in [-0.4, -0.2) is 42.8 Å². The van der Waals surface area contributed by atoms with Crippen molar-refractivity contribution in [2.75, 3.05) is 19.7 Å². The molecule has 0 saturated carbocycles. The molecular weight excluding hydrogens is 444 g/mol. The van der Waals surface area contributed by atoms with Crippen LogP contribution in [0.15, 0.2) is 48.5 Å². The monoisotopic (exact) mass is 480 g/mol. The number of alkyl carbamates (subject to hydrolysis) is 1. The number of carboxylic acids is 1. The molecule has 0 heterocycles. The van der Waals surface area contributed by atoms with Gasteiger partial charge in [0.05, 0.1) is 0 Å². The van der Waals surface area contributed by atoms with Crippen molar-refractivity contribution in [3.8, 4) is 11.1 Å². The van der Waals surface area contributed by atoms with E-state index in [2.05, 4.69) is 41.8 Å². The molecule has 7 heteroatoms. The van der Waals surface area contributed by atoms with Crippen LogP contribution in [0.25, 0.3) is 11.1 Å². The van der Waals surface area contributed by atoms with Crippen molar-refractivity contribution >= 4 is 18.0 Å². The van der Waals surface area contributed by atoms with Crippen molar-refractivity contribution in [1.29, 1.82) is 0 Å². The maximum Gasteiger partial charge on any atom is 0.407 e. The summed E-state index contributed by atoms with van der Waals surface area (Å²) in [7, 11) is 0. The minimum Gasteiger partial charge on any atom is -0.481 e. The maximum absolute atomic E-state index is 12.4. The lowest BCUT2D eigenvalue weighted by Gasteiger charge is -2.17. The summed E-state index contributed by atoms with van der Waals surface area (Å²) < 4.78 is 5.60. The molecule has 0 radical (unpaired) electrons. The number of carbonyl (C=O) groups is 3. The predicted molar refractivity (Wildman–Crippen MR) is 135 cm³/mol. The summed E-state index contributed by atoms with van der Waals surface area (Å²) in [4.78, 5) is 34.9. The number of hydrogen-bond acceptors (Lipinski definition) is 4. The van der Waals surface area contributed by atoms with Crippen molar-refractivity contribution in [3.63, 3.8) is 0 Å². The molecule has 3 rings (SSSR count). The minimum absolute atomic E-state index is 0.0370. The van der Waals surface area contributed by atoms with Gasteiger partial charge in [0, 0.05) is 31.8 Å². The van der Waals surface area contributed by atoms with Gasteiger partial charge < -0.3 is 20.5 Å². The van der Waals surface area contributed by atoms with Crippen molar-refractivity contribution in [2.45, 2.75) is 57.8 Å². The van der Waals surface area contributed by atoms with Gasteiger partial charge >= 0.3 is 12.1 Å². The molecule has 0 fully saturated rings. The van der Waals surface area contributed by atoms with Crippen LogP contribution in [0.4, 0.5) is 4.79 Å². The Kier molecular flexibility index (Phi) is 10.1. The molecular formula is C28H36N2O5. The Morgan fingerprint density at radius 1 is 0.886 bits per heavy atom. The second kappa shape index (κ2) is 13.5. The molecule has 3 N–H and O–H groups in total. The fraction of sp³-hybridized carbons (Fsp3) is 0.464. The second-order valence-corrected chi connectivity index (χ2v) is 9.08. The standard InChI is InChI=1S/C28H36N2O5/c1-2-8-20(14-15-26(31)29-17-7-13-27(32)33)16-18-30-28(34)35-19-25-23-11-5-3-9-21(23)22-10-4-6-12-24(22)25/h3-6,9-12,20,25H,2,7-8,13-19H2,1H3,(H,29,31)(H,30,34)(H,32,33). The molecule has 1 aliphatic carbocycles. The molecule has 7 nitrogen and oxygen atoms in total. The van der Waals surface area contributed by atoms with E-state index in [0.717, 1.165) is 25.7 Å². The summed E-state index contributed by atoms with van der Waals surface area (Å²) in [5.74, 6) is -0.541. The minimum atomic E-state index is -0.855. The Balaban J connectivity index is 1.39. The van der Waals surface area contributed by atoms with Gasteiger partial charge in [-0.25, -0.2) is 4.79 Å². The van der Waals surface area contributed by atoms with E-state index in [1.54, 1.807) is 0 Å². The number of carboxylic acid groups (broad SMARTS) is 1. The zero-order valence-electron chi connectivity index (χ0n) is 20.4. The number of carbonyl (C=O) groups excluding carboxylic acids is 2. The molecule has 2 aromatic rings. The first-order valence-electron chi connectivity index (χ1n) is 12.6. The second-order valence-electron chi connectivity index (χ2n) is 9.08. The van der Waals surface area contributed by atoms with Crippen LogP contribution in [-0.2, 0) is 14.3 Å². The van der Waals surface area contributed by atoms with E-state index < -0.39 is 12.1 Å². The Hall–Kier alpha value is -3.35. The Morgan fingerprint density at radius 2 is 1.54 bits per heavy atom. The van der Waals surface area contributed by atoms with Crippen LogP contribution in [0.2, 0.25) is 0 Å². The summed E-state index contributed by atoms with van der Waals surface area (Å²) in [6, 6.07) is 16.5. The van der Waals surface area contributed by atoms with Crippen molar-refractivity contribution < 1.29 is 24.2 Å². The number of hydrogen-bond donors (Lipinski definition) is 3. The average molecular weight is 481 g/mol. The first-order valence-corrected chi connectivity index (χ1v) is 12.6. The average Bonchev–Trinajstić information content (AvgIpc) is 3.17. The molecule has 1 unspecified atom stereocenters. The summed E-state index contributed by atoms with van der Waals surface area (Å²) in [5.41, 5.74) is 4.77. The third-order valence-corrected chi connectivity index (χ3v) is 6.53. The highest BCUT2D eigenvalue weighted by Gasteiger charge is 2.29. The molecule has 0 saturated heterocycles. The predicted octanol–water partition coefficient (Wildman–Crippen LogP) is 5.09. The van der Waals surface area contributed by atoms with Crippen LogP contribution in [0.5, 0.6) is 0 Å². The van der Waals surface area contributed by atoms with Crippen molar-refractivity contribution in [1.82, 2.24) is 10.6 Å². The van der Waals surface area contributed by atoms with Gasteiger partial charge in [0.15, 0.2) is 0 Å². The fourth-order valence-electron chi connectivity index (χ4n) is 4.76. The van der Waals surface area contributed by atoms with E-state index in [4.69, 9.17) is 9.84 Å². The Morgan fingerprint density at radius 3 is 2.17 bits per heavy atom. The Bertz CT molecular complexity index is 961. The number of aliphatic carboxylic acids is 1. The molecule has 35 heavy (non-hydrogen) atoms. The topological polar surface area (TPSA) is 105 Å². The maximum atomic E-state index is 12.4. The lowest BCUT2D eigenvalue weighted by molar-refractivity contribution is -0.137. The van der Waals surface area contributed by atoms with Crippen molar-refractivity contribution in [2.24, 2.45) is 5.92 Å². The molecule has 0 aromatic heterocycles. The normalized spacial score (nSPS) is 12.9. The number of ether oxygens (including phenoxy) is 1. The zero-order valence-corrected chi connectivity index (χ0v) is 20.4. The first kappa shape index (κ1) is 26.3. The molecule has 2 amide bonds. The molecule has 0 bridgehead atoms. The van der Waals surface area contributed by atoms with Gasteiger partial charge in [0.2, 0.25) is 5.91 Å².